The van der Waals surface area contributed by atoms with Crippen LogP contribution in [0.2, 0.25) is 0 Å². The van der Waals surface area contributed by atoms with Crippen molar-refractivity contribution in [3.63, 3.8) is 0 Å². The van der Waals surface area contributed by atoms with Crippen molar-refractivity contribution >= 4 is 26.8 Å². The van der Waals surface area contributed by atoms with Crippen LogP contribution in [0.15, 0.2) is 47.1 Å². The molecule has 2 aromatic carbocycles. The van der Waals surface area contributed by atoms with Crippen molar-refractivity contribution in [1.29, 1.82) is 5.26 Å². The summed E-state index contributed by atoms with van der Waals surface area (Å²) >= 11 is 3.14. The lowest BCUT2D eigenvalue weighted by atomic mass is 9.86. The molecule has 0 aliphatic heterocycles. The lowest BCUT2D eigenvalue weighted by Gasteiger charge is -2.16. The van der Waals surface area contributed by atoms with E-state index in [0.29, 0.717) is 15.7 Å². The van der Waals surface area contributed by atoms with Gasteiger partial charge in [-0.25, -0.2) is 4.68 Å². The second-order valence-corrected chi connectivity index (χ2v) is 7.14. The maximum atomic E-state index is 13.2. The summed E-state index contributed by atoms with van der Waals surface area (Å²) in [6, 6.07) is 11.9. The normalized spacial score (nSPS) is 12.4. The lowest BCUT2D eigenvalue weighted by Crippen LogP contribution is -2.13. The van der Waals surface area contributed by atoms with E-state index in [0.717, 1.165) is 11.6 Å². The third-order valence-electron chi connectivity index (χ3n) is 4.07. The highest BCUT2D eigenvalue weighted by Gasteiger charge is 2.34. The number of aromatic nitrogens is 2. The molecule has 0 saturated carbocycles. The molecular formula is C18H13BrF3N3. The molecule has 1 heterocycles. The first-order valence-electron chi connectivity index (χ1n) is 7.40. The van der Waals surface area contributed by atoms with Crippen LogP contribution in [-0.4, -0.2) is 9.78 Å². The van der Waals surface area contributed by atoms with Gasteiger partial charge < -0.3 is 0 Å². The van der Waals surface area contributed by atoms with Crippen LogP contribution >= 0.6 is 15.9 Å². The Labute approximate surface area is 150 Å². The molecule has 25 heavy (non-hydrogen) atoms. The van der Waals surface area contributed by atoms with Gasteiger partial charge in [0.25, 0.3) is 0 Å². The van der Waals surface area contributed by atoms with E-state index in [2.05, 4.69) is 27.1 Å². The van der Waals surface area contributed by atoms with Crippen LogP contribution in [0, 0.1) is 11.3 Å². The fourth-order valence-corrected chi connectivity index (χ4v) is 3.06. The van der Waals surface area contributed by atoms with Crippen LogP contribution < -0.4 is 0 Å². The van der Waals surface area contributed by atoms with Crippen molar-refractivity contribution in [3.8, 4) is 11.8 Å². The smallest absolute Gasteiger partial charge is 0.233 e. The zero-order valence-electron chi connectivity index (χ0n) is 13.4. The summed E-state index contributed by atoms with van der Waals surface area (Å²) in [5, 5.41) is 13.4. The van der Waals surface area contributed by atoms with Crippen molar-refractivity contribution in [2.24, 2.45) is 0 Å². The monoisotopic (exact) mass is 407 g/mol. The maximum absolute atomic E-state index is 13.2. The SMILES string of the molecule is CC(C)(C#N)c1ccc(-n2ncc3c(C(F)(F)F)cc(Br)cc32)cc1. The van der Waals surface area contributed by atoms with Gasteiger partial charge in [0.1, 0.15) is 0 Å². The highest BCUT2D eigenvalue weighted by molar-refractivity contribution is 9.10. The Morgan fingerprint density at radius 2 is 1.76 bits per heavy atom. The molecule has 0 aliphatic rings. The minimum absolute atomic E-state index is 0.0390. The van der Waals surface area contributed by atoms with Gasteiger partial charge in [0, 0.05) is 9.86 Å². The molecule has 0 fully saturated rings. The molecule has 0 radical (unpaired) electrons. The molecule has 0 unspecified atom stereocenters. The summed E-state index contributed by atoms with van der Waals surface area (Å²) in [6.45, 7) is 3.61. The van der Waals surface area contributed by atoms with E-state index in [4.69, 9.17) is 0 Å². The molecule has 0 atom stereocenters. The molecule has 3 nitrogen and oxygen atoms in total. The van der Waals surface area contributed by atoms with Crippen LogP contribution in [0.3, 0.4) is 0 Å². The topological polar surface area (TPSA) is 41.6 Å². The lowest BCUT2D eigenvalue weighted by molar-refractivity contribution is -0.136. The Bertz CT molecular complexity index is 980. The van der Waals surface area contributed by atoms with E-state index in [1.807, 2.05) is 0 Å². The van der Waals surface area contributed by atoms with Crippen molar-refractivity contribution < 1.29 is 13.2 Å². The summed E-state index contributed by atoms with van der Waals surface area (Å²) < 4.78 is 41.5. The molecule has 0 bridgehead atoms. The van der Waals surface area contributed by atoms with E-state index in [9.17, 15) is 18.4 Å². The molecule has 7 heteroatoms. The Morgan fingerprint density at radius 3 is 2.32 bits per heavy atom. The van der Waals surface area contributed by atoms with Crippen LogP contribution in [0.4, 0.5) is 13.2 Å². The molecule has 3 rings (SSSR count). The number of nitriles is 1. The number of hydrogen-bond acceptors (Lipinski definition) is 2. The fourth-order valence-electron chi connectivity index (χ4n) is 2.62. The number of fused-ring (bicyclic) bond motifs is 1. The van der Waals surface area contributed by atoms with Gasteiger partial charge in [-0.1, -0.05) is 28.1 Å². The Kier molecular flexibility index (Phi) is 4.12. The van der Waals surface area contributed by atoms with Crippen LogP contribution in [0.5, 0.6) is 0 Å². The zero-order valence-corrected chi connectivity index (χ0v) is 15.0. The molecule has 0 aliphatic carbocycles. The highest BCUT2D eigenvalue weighted by Crippen LogP contribution is 2.37. The summed E-state index contributed by atoms with van der Waals surface area (Å²) in [5.74, 6) is 0. The molecular weight excluding hydrogens is 395 g/mol. The van der Waals surface area contributed by atoms with Gasteiger partial charge in [0.2, 0.25) is 0 Å². The molecule has 0 saturated heterocycles. The predicted molar refractivity (Wildman–Crippen MR) is 92.4 cm³/mol. The third-order valence-corrected chi connectivity index (χ3v) is 4.53. The number of halogens is 4. The Hall–Kier alpha value is -2.33. The van der Waals surface area contributed by atoms with Crippen molar-refractivity contribution in [1.82, 2.24) is 9.78 Å². The van der Waals surface area contributed by atoms with E-state index in [1.165, 1.54) is 10.9 Å². The van der Waals surface area contributed by atoms with Gasteiger partial charge in [-0.15, -0.1) is 0 Å². The number of hydrogen-bond donors (Lipinski definition) is 0. The summed E-state index contributed by atoms with van der Waals surface area (Å²) in [4.78, 5) is 0. The summed E-state index contributed by atoms with van der Waals surface area (Å²) in [6.07, 6.45) is -3.24. The van der Waals surface area contributed by atoms with Gasteiger partial charge >= 0.3 is 6.18 Å². The first kappa shape index (κ1) is 17.5. The quantitative estimate of drug-likeness (QED) is 0.553. The number of benzene rings is 2. The average Bonchev–Trinajstić information content (AvgIpc) is 2.96. The highest BCUT2D eigenvalue weighted by atomic mass is 79.9. The van der Waals surface area contributed by atoms with Crippen LogP contribution in [0.25, 0.3) is 16.6 Å². The van der Waals surface area contributed by atoms with Crippen molar-refractivity contribution in [3.05, 3.63) is 58.2 Å². The molecule has 0 amide bonds. The maximum Gasteiger partial charge on any atom is 0.417 e. The van der Waals surface area contributed by atoms with Crippen molar-refractivity contribution in [2.45, 2.75) is 25.4 Å². The second kappa shape index (κ2) is 5.88. The molecule has 0 spiro atoms. The van der Waals surface area contributed by atoms with Gasteiger partial charge in [0.05, 0.1) is 34.4 Å². The summed E-state index contributed by atoms with van der Waals surface area (Å²) in [5.41, 5.74) is 0.433. The Morgan fingerprint density at radius 1 is 1.12 bits per heavy atom. The second-order valence-electron chi connectivity index (χ2n) is 6.22. The minimum atomic E-state index is -4.46. The average molecular weight is 408 g/mol. The van der Waals surface area contributed by atoms with Crippen LogP contribution in [-0.2, 0) is 11.6 Å². The number of nitrogens with zero attached hydrogens (tertiary/aromatic N) is 3. The summed E-state index contributed by atoms with van der Waals surface area (Å²) in [7, 11) is 0. The molecule has 0 N–H and O–H groups in total. The van der Waals surface area contributed by atoms with Gasteiger partial charge in [-0.3, -0.25) is 0 Å². The van der Waals surface area contributed by atoms with E-state index in [1.54, 1.807) is 44.2 Å². The number of rotatable bonds is 2. The van der Waals surface area contributed by atoms with E-state index < -0.39 is 17.2 Å². The first-order chi connectivity index (χ1) is 11.6. The van der Waals surface area contributed by atoms with E-state index >= 15 is 0 Å². The van der Waals surface area contributed by atoms with Crippen LogP contribution in [0.1, 0.15) is 25.0 Å². The van der Waals surface area contributed by atoms with Gasteiger partial charge in [-0.2, -0.15) is 23.5 Å². The van der Waals surface area contributed by atoms with E-state index in [-0.39, 0.29) is 5.39 Å². The van der Waals surface area contributed by atoms with Crippen molar-refractivity contribution in [2.75, 3.05) is 0 Å². The molecule has 1 aromatic heterocycles. The zero-order chi connectivity index (χ0) is 18.4. The standard InChI is InChI=1S/C18H13BrF3N3/c1-17(2,10-23)11-3-5-13(6-4-11)25-16-8-12(19)7-15(18(20,21)22)14(16)9-24-25/h3-9H,1-2H3. The number of alkyl halides is 3. The third kappa shape index (κ3) is 3.14. The largest absolute Gasteiger partial charge is 0.417 e. The Balaban J connectivity index is 2.15. The van der Waals surface area contributed by atoms with Gasteiger partial charge in [0.15, 0.2) is 0 Å². The first-order valence-corrected chi connectivity index (χ1v) is 8.19. The fraction of sp³-hybridized carbons (Fsp3) is 0.222. The minimum Gasteiger partial charge on any atom is -0.233 e. The predicted octanol–water partition coefficient (Wildman–Crippen LogP) is 5.61. The molecule has 3 aromatic rings. The molecule has 128 valence electrons. The van der Waals surface area contributed by atoms with Gasteiger partial charge in [-0.05, 0) is 43.7 Å².